The van der Waals surface area contributed by atoms with Crippen molar-refractivity contribution in [3.63, 3.8) is 0 Å². The molecule has 1 aliphatic carbocycles. The monoisotopic (exact) mass is 604 g/mol. The van der Waals surface area contributed by atoms with Crippen LogP contribution in [-0.4, -0.2) is 61.0 Å². The van der Waals surface area contributed by atoms with Gasteiger partial charge in [0, 0.05) is 18.5 Å². The number of aldehydes is 1. The molecule has 0 bridgehead atoms. The van der Waals surface area contributed by atoms with Crippen LogP contribution in [0.5, 0.6) is 5.75 Å². The molecule has 0 unspecified atom stereocenters. The van der Waals surface area contributed by atoms with Gasteiger partial charge in [0.25, 0.3) is 0 Å². The molecule has 1 aliphatic rings. The number of esters is 1. The number of hydrogen-bond acceptors (Lipinski definition) is 9. The molecule has 2 aromatic heterocycles. The van der Waals surface area contributed by atoms with Crippen LogP contribution in [0.4, 0.5) is 5.69 Å². The molecule has 1 aromatic carbocycles. The van der Waals surface area contributed by atoms with Gasteiger partial charge in [0.2, 0.25) is 11.5 Å². The van der Waals surface area contributed by atoms with Gasteiger partial charge in [0.05, 0.1) is 33.1 Å². The Hall–Kier alpha value is -2.76. The first kappa shape index (κ1) is 30.2. The van der Waals surface area contributed by atoms with Crippen LogP contribution in [0.1, 0.15) is 58.6 Å². The first-order valence-corrected chi connectivity index (χ1v) is 15.2. The summed E-state index contributed by atoms with van der Waals surface area (Å²) >= 11 is 8.87. The molecule has 4 rings (SSSR count). The van der Waals surface area contributed by atoms with Crippen molar-refractivity contribution in [2.45, 2.75) is 56.3 Å². The molecule has 0 saturated heterocycles. The molecule has 8 nitrogen and oxygen atoms in total. The number of anilines is 1. The summed E-state index contributed by atoms with van der Waals surface area (Å²) < 4.78 is 11.0. The van der Waals surface area contributed by atoms with Gasteiger partial charge in [-0.15, -0.1) is 22.7 Å². The lowest BCUT2D eigenvalue weighted by molar-refractivity contribution is -0.169. The number of halogens is 1. The van der Waals surface area contributed by atoms with Gasteiger partial charge in [-0.2, -0.15) is 0 Å². The molecule has 3 aromatic rings. The summed E-state index contributed by atoms with van der Waals surface area (Å²) in [5.41, 5.74) is -1.07. The van der Waals surface area contributed by atoms with Crippen LogP contribution < -0.4 is 10.1 Å². The van der Waals surface area contributed by atoms with Crippen LogP contribution in [0.15, 0.2) is 47.2 Å². The van der Waals surface area contributed by atoms with E-state index in [0.29, 0.717) is 64.8 Å². The van der Waals surface area contributed by atoms with Gasteiger partial charge in [-0.3, -0.25) is 9.59 Å². The van der Waals surface area contributed by atoms with E-state index in [1.54, 1.807) is 18.2 Å². The van der Waals surface area contributed by atoms with Crippen molar-refractivity contribution < 1.29 is 29.0 Å². The van der Waals surface area contributed by atoms with Crippen molar-refractivity contribution >= 4 is 58.1 Å². The Morgan fingerprint density at radius 1 is 1.15 bits per heavy atom. The fourth-order valence-electron chi connectivity index (χ4n) is 4.95. The van der Waals surface area contributed by atoms with Crippen LogP contribution in [0, 0.1) is 0 Å². The summed E-state index contributed by atoms with van der Waals surface area (Å²) in [6.07, 6.45) is 4.52. The lowest BCUT2D eigenvalue weighted by Crippen LogP contribution is -2.42. The largest absolute Gasteiger partial charge is 0.496 e. The molecular weight excluding hydrogens is 572 g/mol. The highest BCUT2D eigenvalue weighted by molar-refractivity contribution is 7.12. The van der Waals surface area contributed by atoms with E-state index >= 15 is 0 Å². The molecule has 1 saturated carbocycles. The molecule has 1 fully saturated rings. The van der Waals surface area contributed by atoms with Crippen LogP contribution in [-0.2, 0) is 19.9 Å². The number of nitrogens with one attached hydrogen (secondary N) is 1. The average molecular weight is 605 g/mol. The molecule has 40 heavy (non-hydrogen) atoms. The van der Waals surface area contributed by atoms with Gasteiger partial charge in [0.1, 0.15) is 11.9 Å². The molecule has 214 valence electrons. The first-order chi connectivity index (χ1) is 19.3. The summed E-state index contributed by atoms with van der Waals surface area (Å²) in [4.78, 5) is 40.2. The molecular formula is C29H33ClN2O6S2. The fraction of sp³-hybridized carbons (Fsp3) is 0.414. The minimum atomic E-state index is -1.79. The normalized spacial score (nSPS) is 17.4. The zero-order valence-corrected chi connectivity index (χ0v) is 24.8. The van der Waals surface area contributed by atoms with Gasteiger partial charge in [-0.05, 0) is 74.7 Å². The lowest BCUT2D eigenvalue weighted by atomic mass is 9.91. The Morgan fingerprint density at radius 3 is 2.35 bits per heavy atom. The number of ether oxygens (including phenoxy) is 2. The number of nitrogens with zero attached hydrogens (tertiary/aromatic N) is 1. The van der Waals surface area contributed by atoms with E-state index in [1.807, 2.05) is 29.9 Å². The second-order valence-corrected chi connectivity index (χ2v) is 12.1. The minimum Gasteiger partial charge on any atom is -0.496 e. The number of carbonyl (C=O) groups is 3. The highest BCUT2D eigenvalue weighted by Gasteiger charge is 2.45. The standard InChI is InChI=1S/C29H33ClN2O6S2/c1-32(13-3-8-27(34)31-23-17-24(37-2)19(18-33)16-22(23)30)20-9-11-21(12-10-20)38-28(35)29(36,25-6-4-14-39-25)26-7-5-15-40-26/h4-7,14-18,20-21,36H,3,8-13H2,1-2H3,(H,31,34)/t20-,21-. The third-order valence-corrected chi connectivity index (χ3v) is 9.50. The van der Waals surface area contributed by atoms with E-state index in [0.717, 1.165) is 19.4 Å². The molecule has 0 radical (unpaired) electrons. The SMILES string of the molecule is COc1cc(NC(=O)CCCN(C)[C@H]2CC[C@H](OC(=O)C(O)(c3cccs3)c3cccs3)CC2)c(Cl)cc1C=O. The van der Waals surface area contributed by atoms with Crippen molar-refractivity contribution in [1.82, 2.24) is 4.90 Å². The van der Waals surface area contributed by atoms with Gasteiger partial charge in [0.15, 0.2) is 6.29 Å². The number of aliphatic hydroxyl groups is 1. The Morgan fingerprint density at radius 2 is 1.80 bits per heavy atom. The van der Waals surface area contributed by atoms with Gasteiger partial charge >= 0.3 is 5.97 Å². The topological polar surface area (TPSA) is 105 Å². The Labute approximate surface area is 246 Å². The zero-order chi connectivity index (χ0) is 28.7. The van der Waals surface area contributed by atoms with E-state index in [-0.39, 0.29) is 17.0 Å². The van der Waals surface area contributed by atoms with Crippen LogP contribution in [0.2, 0.25) is 5.02 Å². The third-order valence-electron chi connectivity index (χ3n) is 7.23. The maximum Gasteiger partial charge on any atom is 0.349 e. The highest BCUT2D eigenvalue weighted by Crippen LogP contribution is 2.38. The number of benzene rings is 1. The van der Waals surface area contributed by atoms with Crippen LogP contribution >= 0.6 is 34.3 Å². The van der Waals surface area contributed by atoms with E-state index in [9.17, 15) is 19.5 Å². The summed E-state index contributed by atoms with van der Waals surface area (Å²) in [6.45, 7) is 0.736. The number of methoxy groups -OCH3 is 1. The summed E-state index contributed by atoms with van der Waals surface area (Å²) in [6, 6.07) is 10.5. The molecule has 0 aliphatic heterocycles. The third kappa shape index (κ3) is 6.92. The second-order valence-electron chi connectivity index (χ2n) is 9.83. The molecule has 11 heteroatoms. The van der Waals surface area contributed by atoms with Gasteiger partial charge in [-0.1, -0.05) is 23.7 Å². The fourth-order valence-corrected chi connectivity index (χ4v) is 6.88. The number of hydrogen-bond donors (Lipinski definition) is 2. The van der Waals surface area contributed by atoms with E-state index in [1.165, 1.54) is 35.8 Å². The zero-order valence-electron chi connectivity index (χ0n) is 22.4. The van der Waals surface area contributed by atoms with Crippen LogP contribution in [0.25, 0.3) is 0 Å². The smallest absolute Gasteiger partial charge is 0.349 e. The summed E-state index contributed by atoms with van der Waals surface area (Å²) in [5, 5.41) is 18.2. The first-order valence-electron chi connectivity index (χ1n) is 13.1. The van der Waals surface area contributed by atoms with Crippen molar-refractivity contribution in [3.8, 4) is 5.75 Å². The summed E-state index contributed by atoms with van der Waals surface area (Å²) in [7, 11) is 3.49. The van der Waals surface area contributed by atoms with E-state index < -0.39 is 11.6 Å². The van der Waals surface area contributed by atoms with Crippen molar-refractivity contribution in [2.75, 3.05) is 26.0 Å². The molecule has 2 heterocycles. The Kier molecular flexibility index (Phi) is 10.4. The van der Waals surface area contributed by atoms with Crippen molar-refractivity contribution in [1.29, 1.82) is 0 Å². The molecule has 0 spiro atoms. The minimum absolute atomic E-state index is 0.171. The molecule has 0 atom stereocenters. The van der Waals surface area contributed by atoms with E-state index in [2.05, 4.69) is 10.2 Å². The maximum absolute atomic E-state index is 13.2. The highest BCUT2D eigenvalue weighted by atomic mass is 35.5. The quantitative estimate of drug-likeness (QED) is 0.201. The predicted molar refractivity (Wildman–Crippen MR) is 158 cm³/mol. The molecule has 1 amide bonds. The van der Waals surface area contributed by atoms with E-state index in [4.69, 9.17) is 21.1 Å². The van der Waals surface area contributed by atoms with Gasteiger partial charge in [-0.25, -0.2) is 4.79 Å². The summed E-state index contributed by atoms with van der Waals surface area (Å²) in [5.74, 6) is -0.451. The number of amides is 1. The number of carbonyl (C=O) groups excluding carboxylic acids is 3. The Balaban J connectivity index is 1.23. The predicted octanol–water partition coefficient (Wildman–Crippen LogP) is 5.73. The maximum atomic E-state index is 13.2. The van der Waals surface area contributed by atoms with Crippen molar-refractivity contribution in [3.05, 3.63) is 67.5 Å². The number of thiophene rings is 2. The van der Waals surface area contributed by atoms with Gasteiger partial charge < -0.3 is 24.8 Å². The average Bonchev–Trinajstić information content (AvgIpc) is 3.69. The molecule has 2 N–H and O–H groups in total. The van der Waals surface area contributed by atoms with Crippen molar-refractivity contribution in [2.24, 2.45) is 0 Å². The number of rotatable bonds is 12. The Bertz CT molecular complexity index is 1260. The van der Waals surface area contributed by atoms with Crippen LogP contribution in [0.3, 0.4) is 0 Å². The second kappa shape index (κ2) is 13.7. The lowest BCUT2D eigenvalue weighted by Gasteiger charge is -2.35.